The molecule has 0 saturated carbocycles. The van der Waals surface area contributed by atoms with Crippen molar-refractivity contribution in [1.82, 2.24) is 10.6 Å². The molecule has 0 spiro atoms. The lowest BCUT2D eigenvalue weighted by atomic mass is 9.88. The molecule has 1 atom stereocenters. The van der Waals surface area contributed by atoms with E-state index >= 15 is 0 Å². The lowest BCUT2D eigenvalue weighted by Crippen LogP contribution is -2.39. The number of aliphatic imine (C=N–C) groups is 1. The maximum absolute atomic E-state index is 5.80. The van der Waals surface area contributed by atoms with Crippen molar-refractivity contribution >= 4 is 29.9 Å². The van der Waals surface area contributed by atoms with Crippen LogP contribution < -0.4 is 10.6 Å². The summed E-state index contributed by atoms with van der Waals surface area (Å²) in [5.41, 5.74) is 2.69. The maximum atomic E-state index is 5.80. The summed E-state index contributed by atoms with van der Waals surface area (Å²) in [7, 11) is 1.81. The first-order chi connectivity index (χ1) is 14.4. The van der Waals surface area contributed by atoms with Crippen molar-refractivity contribution in [2.45, 2.75) is 31.3 Å². The predicted molar refractivity (Wildman–Crippen MR) is 134 cm³/mol. The van der Waals surface area contributed by atoms with Crippen molar-refractivity contribution in [3.8, 4) is 0 Å². The largest absolute Gasteiger partial charge is 0.379 e. The molecule has 0 amide bonds. The highest BCUT2D eigenvalue weighted by Gasteiger charge is 2.15. The van der Waals surface area contributed by atoms with Gasteiger partial charge in [0.2, 0.25) is 0 Å². The zero-order valence-corrected chi connectivity index (χ0v) is 20.1. The van der Waals surface area contributed by atoms with Gasteiger partial charge >= 0.3 is 0 Å². The van der Waals surface area contributed by atoms with Gasteiger partial charge in [-0.1, -0.05) is 60.7 Å². The van der Waals surface area contributed by atoms with Crippen LogP contribution in [0, 0.1) is 0 Å². The molecule has 3 rings (SSSR count). The van der Waals surface area contributed by atoms with Gasteiger partial charge in [0.05, 0.1) is 12.7 Å². The van der Waals surface area contributed by atoms with E-state index in [0.717, 1.165) is 58.1 Å². The van der Waals surface area contributed by atoms with Crippen LogP contribution in [0.2, 0.25) is 0 Å². The number of nitrogens with one attached hydrogen (secondary N) is 2. The molecule has 1 unspecified atom stereocenters. The monoisotopic (exact) mass is 523 g/mol. The van der Waals surface area contributed by atoms with Crippen molar-refractivity contribution in [3.05, 3.63) is 71.8 Å². The van der Waals surface area contributed by atoms with Crippen LogP contribution in [0.15, 0.2) is 65.7 Å². The van der Waals surface area contributed by atoms with E-state index in [1.165, 1.54) is 11.1 Å². The first-order valence-electron chi connectivity index (χ1n) is 10.6. The van der Waals surface area contributed by atoms with E-state index in [4.69, 9.17) is 9.47 Å². The summed E-state index contributed by atoms with van der Waals surface area (Å²) in [5, 5.41) is 6.83. The molecule has 0 bridgehead atoms. The molecule has 6 heteroatoms. The van der Waals surface area contributed by atoms with Crippen molar-refractivity contribution in [2.24, 2.45) is 4.99 Å². The summed E-state index contributed by atoms with van der Waals surface area (Å²) < 4.78 is 11.1. The third kappa shape index (κ3) is 8.24. The molecule has 2 aromatic carbocycles. The van der Waals surface area contributed by atoms with Crippen LogP contribution in [-0.2, 0) is 9.47 Å². The van der Waals surface area contributed by atoms with Gasteiger partial charge in [0.25, 0.3) is 0 Å². The quantitative estimate of drug-likeness (QED) is 0.212. The maximum Gasteiger partial charge on any atom is 0.190 e. The topological polar surface area (TPSA) is 54.9 Å². The zero-order chi connectivity index (χ0) is 20.2. The van der Waals surface area contributed by atoms with Gasteiger partial charge in [-0.2, -0.15) is 0 Å². The number of ether oxygens (including phenoxy) is 2. The molecule has 1 aliphatic heterocycles. The number of benzene rings is 2. The third-order valence-corrected chi connectivity index (χ3v) is 5.21. The van der Waals surface area contributed by atoms with Crippen LogP contribution in [0.3, 0.4) is 0 Å². The second kappa shape index (κ2) is 14.4. The SMILES string of the molecule is CN=C(NCCCOC1CCOC1)NCCC(c1ccccc1)c1ccccc1.I. The number of hydrogen-bond donors (Lipinski definition) is 2. The van der Waals surface area contributed by atoms with Crippen molar-refractivity contribution in [3.63, 3.8) is 0 Å². The van der Waals surface area contributed by atoms with Crippen LogP contribution in [0.4, 0.5) is 0 Å². The van der Waals surface area contributed by atoms with Gasteiger partial charge in [-0.15, -0.1) is 24.0 Å². The van der Waals surface area contributed by atoms with Gasteiger partial charge in [0.1, 0.15) is 0 Å². The van der Waals surface area contributed by atoms with E-state index < -0.39 is 0 Å². The second-order valence-corrected chi connectivity index (χ2v) is 7.30. The van der Waals surface area contributed by atoms with Gasteiger partial charge < -0.3 is 20.1 Å². The highest BCUT2D eigenvalue weighted by Crippen LogP contribution is 2.27. The summed E-state index contributed by atoms with van der Waals surface area (Å²) in [5.74, 6) is 1.21. The van der Waals surface area contributed by atoms with Gasteiger partial charge in [-0.3, -0.25) is 4.99 Å². The first kappa shape index (κ1) is 24.6. The highest BCUT2D eigenvalue weighted by atomic mass is 127. The van der Waals surface area contributed by atoms with Gasteiger partial charge in [-0.25, -0.2) is 0 Å². The lowest BCUT2D eigenvalue weighted by molar-refractivity contribution is 0.0420. The Bertz CT molecular complexity index is 682. The third-order valence-electron chi connectivity index (χ3n) is 5.21. The Labute approximate surface area is 197 Å². The number of nitrogens with zero attached hydrogens (tertiary/aromatic N) is 1. The molecular weight excluding hydrogens is 489 g/mol. The molecule has 1 heterocycles. The van der Waals surface area contributed by atoms with E-state index in [2.05, 4.69) is 76.3 Å². The van der Waals surface area contributed by atoms with E-state index in [9.17, 15) is 0 Å². The molecule has 30 heavy (non-hydrogen) atoms. The fourth-order valence-corrected chi connectivity index (χ4v) is 3.63. The number of hydrogen-bond acceptors (Lipinski definition) is 3. The smallest absolute Gasteiger partial charge is 0.190 e. The molecule has 0 aliphatic carbocycles. The predicted octanol–water partition coefficient (Wildman–Crippen LogP) is 4.19. The second-order valence-electron chi connectivity index (χ2n) is 7.30. The summed E-state index contributed by atoms with van der Waals surface area (Å²) in [6.07, 6.45) is 3.24. The standard InChI is InChI=1S/C24H33N3O2.HI/c1-25-24(26-15-8-17-29-22-14-18-28-19-22)27-16-13-23(20-9-4-2-5-10-20)21-11-6-3-7-12-21;/h2-7,9-12,22-23H,8,13-19H2,1H3,(H2,25,26,27);1H. The summed E-state index contributed by atoms with van der Waals surface area (Å²) in [6.45, 7) is 4.01. The van der Waals surface area contributed by atoms with Crippen LogP contribution >= 0.6 is 24.0 Å². The van der Waals surface area contributed by atoms with Crippen LogP contribution in [-0.4, -0.2) is 52.0 Å². The molecule has 1 saturated heterocycles. The molecule has 2 N–H and O–H groups in total. The lowest BCUT2D eigenvalue weighted by Gasteiger charge is -2.19. The van der Waals surface area contributed by atoms with Gasteiger partial charge in [0, 0.05) is 39.3 Å². The van der Waals surface area contributed by atoms with E-state index in [1.807, 2.05) is 7.05 Å². The van der Waals surface area contributed by atoms with Crippen molar-refractivity contribution in [1.29, 1.82) is 0 Å². The van der Waals surface area contributed by atoms with E-state index in [-0.39, 0.29) is 30.1 Å². The van der Waals surface area contributed by atoms with Crippen LogP contribution in [0.25, 0.3) is 0 Å². The van der Waals surface area contributed by atoms with Crippen LogP contribution in [0.5, 0.6) is 0 Å². The molecule has 164 valence electrons. The van der Waals surface area contributed by atoms with Crippen molar-refractivity contribution in [2.75, 3.05) is 40.0 Å². The summed E-state index contributed by atoms with van der Waals surface area (Å²) >= 11 is 0. The molecule has 1 aliphatic rings. The summed E-state index contributed by atoms with van der Waals surface area (Å²) in [4.78, 5) is 4.34. The number of rotatable bonds is 10. The molecular formula is C24H34IN3O2. The van der Waals surface area contributed by atoms with Crippen molar-refractivity contribution < 1.29 is 9.47 Å². The Hall–Kier alpha value is -1.64. The Morgan fingerprint density at radius 1 is 1.03 bits per heavy atom. The first-order valence-corrected chi connectivity index (χ1v) is 10.6. The minimum atomic E-state index is 0. The molecule has 0 radical (unpaired) electrons. The molecule has 1 fully saturated rings. The molecule has 2 aromatic rings. The minimum Gasteiger partial charge on any atom is -0.379 e. The molecule has 0 aromatic heterocycles. The summed E-state index contributed by atoms with van der Waals surface area (Å²) in [6, 6.07) is 21.4. The fourth-order valence-electron chi connectivity index (χ4n) is 3.63. The normalized spacial score (nSPS) is 16.3. The van der Waals surface area contributed by atoms with Gasteiger partial charge in [0.15, 0.2) is 5.96 Å². The van der Waals surface area contributed by atoms with Crippen LogP contribution in [0.1, 0.15) is 36.3 Å². The Morgan fingerprint density at radius 3 is 2.23 bits per heavy atom. The number of halogens is 1. The fraction of sp³-hybridized carbons (Fsp3) is 0.458. The Balaban J connectivity index is 0.00000320. The Morgan fingerprint density at radius 2 is 1.67 bits per heavy atom. The molecule has 5 nitrogen and oxygen atoms in total. The van der Waals surface area contributed by atoms with E-state index in [1.54, 1.807) is 0 Å². The Kier molecular flexibility index (Phi) is 11.8. The van der Waals surface area contributed by atoms with Gasteiger partial charge in [-0.05, 0) is 30.4 Å². The number of guanidine groups is 1. The minimum absolute atomic E-state index is 0. The van der Waals surface area contributed by atoms with E-state index in [0.29, 0.717) is 5.92 Å². The average molecular weight is 523 g/mol. The zero-order valence-electron chi connectivity index (χ0n) is 17.8. The average Bonchev–Trinajstić information content (AvgIpc) is 3.30. The highest BCUT2D eigenvalue weighted by molar-refractivity contribution is 14.0.